The minimum atomic E-state index is -4.11. The van der Waals surface area contributed by atoms with Crippen molar-refractivity contribution in [3.63, 3.8) is 0 Å². The Bertz CT molecular complexity index is 335. The van der Waals surface area contributed by atoms with Gasteiger partial charge in [0.15, 0.2) is 0 Å². The summed E-state index contributed by atoms with van der Waals surface area (Å²) in [6.45, 7) is 0. The van der Waals surface area contributed by atoms with Crippen LogP contribution in [0.5, 0.6) is 0 Å². The molecular formula is C10H8BrF3. The second-order valence-electron chi connectivity index (χ2n) is 3.59. The van der Waals surface area contributed by atoms with Crippen LogP contribution in [-0.2, 0) is 5.41 Å². The molecule has 2 rings (SSSR count). The van der Waals surface area contributed by atoms with Gasteiger partial charge < -0.3 is 0 Å². The van der Waals surface area contributed by atoms with Gasteiger partial charge in [0, 0.05) is 4.47 Å². The van der Waals surface area contributed by atoms with E-state index < -0.39 is 11.6 Å². The Balaban J connectivity index is 2.36. The van der Waals surface area contributed by atoms with Crippen molar-refractivity contribution in [1.82, 2.24) is 0 Å². The fourth-order valence-electron chi connectivity index (χ4n) is 1.63. The summed E-state index contributed by atoms with van der Waals surface area (Å²) in [6, 6.07) is 6.40. The highest BCUT2D eigenvalue weighted by Crippen LogP contribution is 2.58. The van der Waals surface area contributed by atoms with Crippen LogP contribution in [0.1, 0.15) is 18.4 Å². The summed E-state index contributed by atoms with van der Waals surface area (Å²) in [5, 5.41) is 0. The van der Waals surface area contributed by atoms with Crippen molar-refractivity contribution in [1.29, 1.82) is 0 Å². The molecule has 1 aliphatic carbocycles. The summed E-state index contributed by atoms with van der Waals surface area (Å²) in [6.07, 6.45) is -3.67. The molecule has 0 saturated heterocycles. The zero-order valence-corrected chi connectivity index (χ0v) is 8.82. The van der Waals surface area contributed by atoms with Gasteiger partial charge in [-0.15, -0.1) is 0 Å². The van der Waals surface area contributed by atoms with Crippen LogP contribution >= 0.6 is 15.9 Å². The maximum atomic E-state index is 12.7. The molecule has 0 heterocycles. The smallest absolute Gasteiger partial charge is 0.170 e. The van der Waals surface area contributed by atoms with E-state index in [1.807, 2.05) is 0 Å². The minimum Gasteiger partial charge on any atom is -0.170 e. The molecule has 1 aliphatic rings. The number of benzene rings is 1. The molecule has 0 N–H and O–H groups in total. The first kappa shape index (κ1) is 10.0. The van der Waals surface area contributed by atoms with E-state index >= 15 is 0 Å². The van der Waals surface area contributed by atoms with Gasteiger partial charge in [-0.1, -0.05) is 28.1 Å². The Morgan fingerprint density at radius 1 is 1.07 bits per heavy atom. The van der Waals surface area contributed by atoms with Crippen LogP contribution in [0.15, 0.2) is 28.7 Å². The molecule has 0 radical (unpaired) electrons. The van der Waals surface area contributed by atoms with Crippen LogP contribution in [-0.4, -0.2) is 6.18 Å². The van der Waals surface area contributed by atoms with Crippen molar-refractivity contribution >= 4 is 15.9 Å². The molecule has 0 aliphatic heterocycles. The average molecular weight is 265 g/mol. The number of hydrogen-bond acceptors (Lipinski definition) is 0. The molecule has 0 spiro atoms. The Hall–Kier alpha value is -0.510. The summed E-state index contributed by atoms with van der Waals surface area (Å²) in [5.41, 5.74) is -1.17. The largest absolute Gasteiger partial charge is 0.398 e. The summed E-state index contributed by atoms with van der Waals surface area (Å²) in [5.74, 6) is 0. The van der Waals surface area contributed by atoms with Gasteiger partial charge in [0.25, 0.3) is 0 Å². The molecular weight excluding hydrogens is 257 g/mol. The monoisotopic (exact) mass is 264 g/mol. The molecule has 4 heteroatoms. The van der Waals surface area contributed by atoms with Gasteiger partial charge in [0.1, 0.15) is 0 Å². The van der Waals surface area contributed by atoms with Gasteiger partial charge in [0.2, 0.25) is 0 Å². The molecule has 0 bridgehead atoms. The van der Waals surface area contributed by atoms with Gasteiger partial charge >= 0.3 is 6.18 Å². The van der Waals surface area contributed by atoms with E-state index in [0.29, 0.717) is 5.56 Å². The first-order valence-corrected chi connectivity index (χ1v) is 5.08. The summed E-state index contributed by atoms with van der Waals surface area (Å²) in [4.78, 5) is 0. The zero-order chi connectivity index (χ0) is 10.4. The number of rotatable bonds is 1. The van der Waals surface area contributed by atoms with E-state index in [2.05, 4.69) is 15.9 Å². The van der Waals surface area contributed by atoms with Crippen molar-refractivity contribution < 1.29 is 13.2 Å². The summed E-state index contributed by atoms with van der Waals surface area (Å²) < 4.78 is 38.8. The van der Waals surface area contributed by atoms with E-state index in [-0.39, 0.29) is 12.8 Å². The van der Waals surface area contributed by atoms with Gasteiger partial charge in [-0.2, -0.15) is 13.2 Å². The molecule has 1 aromatic carbocycles. The first-order valence-electron chi connectivity index (χ1n) is 4.28. The number of alkyl halides is 3. The predicted octanol–water partition coefficient (Wildman–Crippen LogP) is 4.04. The van der Waals surface area contributed by atoms with Crippen molar-refractivity contribution in [3.8, 4) is 0 Å². The zero-order valence-electron chi connectivity index (χ0n) is 7.24. The molecule has 0 amide bonds. The number of hydrogen-bond donors (Lipinski definition) is 0. The molecule has 1 aromatic rings. The van der Waals surface area contributed by atoms with Gasteiger partial charge in [-0.25, -0.2) is 0 Å². The minimum absolute atomic E-state index is 0.220. The van der Waals surface area contributed by atoms with E-state index in [9.17, 15) is 13.2 Å². The van der Waals surface area contributed by atoms with Crippen LogP contribution in [0, 0.1) is 0 Å². The molecule has 0 unspecified atom stereocenters. The molecule has 0 aromatic heterocycles. The van der Waals surface area contributed by atoms with Crippen LogP contribution in [0.25, 0.3) is 0 Å². The summed E-state index contributed by atoms with van der Waals surface area (Å²) in [7, 11) is 0. The normalized spacial score (nSPS) is 19.4. The standard InChI is InChI=1S/C10H8BrF3/c11-8-3-1-7(2-4-8)9(5-6-9)10(12,13)14/h1-4H,5-6H2. The predicted molar refractivity (Wildman–Crippen MR) is 51.1 cm³/mol. The maximum Gasteiger partial charge on any atom is 0.398 e. The first-order chi connectivity index (χ1) is 6.46. The maximum absolute atomic E-state index is 12.7. The lowest BCUT2D eigenvalue weighted by Crippen LogP contribution is -2.28. The Kier molecular flexibility index (Phi) is 2.14. The topological polar surface area (TPSA) is 0 Å². The third-order valence-corrected chi connectivity index (χ3v) is 3.22. The molecule has 1 fully saturated rings. The lowest BCUT2D eigenvalue weighted by molar-refractivity contribution is -0.160. The lowest BCUT2D eigenvalue weighted by Gasteiger charge is -2.19. The lowest BCUT2D eigenvalue weighted by atomic mass is 9.96. The van der Waals surface area contributed by atoms with Gasteiger partial charge in [0.05, 0.1) is 5.41 Å². The Morgan fingerprint density at radius 3 is 1.93 bits per heavy atom. The quantitative estimate of drug-likeness (QED) is 0.718. The van der Waals surface area contributed by atoms with Crippen molar-refractivity contribution in [2.75, 3.05) is 0 Å². The van der Waals surface area contributed by atoms with Crippen LogP contribution in [0.3, 0.4) is 0 Å². The van der Waals surface area contributed by atoms with E-state index in [1.54, 1.807) is 24.3 Å². The van der Waals surface area contributed by atoms with E-state index in [4.69, 9.17) is 0 Å². The SMILES string of the molecule is FC(F)(F)C1(c2ccc(Br)cc2)CC1. The average Bonchev–Trinajstić information content (AvgIpc) is 2.84. The van der Waals surface area contributed by atoms with Crippen LogP contribution in [0.4, 0.5) is 13.2 Å². The molecule has 0 nitrogen and oxygen atoms in total. The van der Waals surface area contributed by atoms with Crippen molar-refractivity contribution in [2.45, 2.75) is 24.4 Å². The molecule has 76 valence electrons. The number of halogens is 4. The second-order valence-corrected chi connectivity index (χ2v) is 4.50. The van der Waals surface area contributed by atoms with Crippen LogP contribution < -0.4 is 0 Å². The molecule has 14 heavy (non-hydrogen) atoms. The second kappa shape index (κ2) is 2.99. The van der Waals surface area contributed by atoms with Crippen molar-refractivity contribution in [2.24, 2.45) is 0 Å². The highest BCUT2D eigenvalue weighted by molar-refractivity contribution is 9.10. The van der Waals surface area contributed by atoms with E-state index in [1.165, 1.54) is 0 Å². The van der Waals surface area contributed by atoms with Gasteiger partial charge in [-0.05, 0) is 30.5 Å². The third-order valence-electron chi connectivity index (χ3n) is 2.69. The molecule has 1 saturated carbocycles. The Labute approximate surface area is 88.2 Å². The third kappa shape index (κ3) is 1.45. The highest BCUT2D eigenvalue weighted by atomic mass is 79.9. The van der Waals surface area contributed by atoms with Gasteiger partial charge in [-0.3, -0.25) is 0 Å². The van der Waals surface area contributed by atoms with Crippen molar-refractivity contribution in [3.05, 3.63) is 34.3 Å². The fraction of sp³-hybridized carbons (Fsp3) is 0.400. The van der Waals surface area contributed by atoms with E-state index in [0.717, 1.165) is 4.47 Å². The van der Waals surface area contributed by atoms with Crippen LogP contribution in [0.2, 0.25) is 0 Å². The Morgan fingerprint density at radius 2 is 1.57 bits per heavy atom. The highest BCUT2D eigenvalue weighted by Gasteiger charge is 2.64. The fourth-order valence-corrected chi connectivity index (χ4v) is 1.89. The molecule has 0 atom stereocenters. The summed E-state index contributed by atoms with van der Waals surface area (Å²) >= 11 is 3.20.